The van der Waals surface area contributed by atoms with Crippen molar-refractivity contribution in [1.29, 1.82) is 0 Å². The Kier molecular flexibility index (Phi) is 7.35. The highest BCUT2D eigenvalue weighted by Gasteiger charge is 2.23. The fraction of sp³-hybridized carbons (Fsp3) is 0.625. The molecule has 5 heteroatoms. The van der Waals surface area contributed by atoms with Crippen LogP contribution < -0.4 is 5.32 Å². The number of hydrogen-bond donors (Lipinski definition) is 1. The van der Waals surface area contributed by atoms with Crippen LogP contribution in [0.15, 0.2) is 29.2 Å². The normalized spacial score (nSPS) is 12.3. The Bertz CT molecular complexity index is 521. The van der Waals surface area contributed by atoms with Crippen molar-refractivity contribution in [2.24, 2.45) is 0 Å². The Morgan fingerprint density at radius 3 is 2.29 bits per heavy atom. The second-order valence-corrected chi connectivity index (χ2v) is 7.53. The number of nitrogens with zero attached hydrogens (tertiary/aromatic N) is 1. The third-order valence-corrected chi connectivity index (χ3v) is 5.09. The van der Waals surface area contributed by atoms with Crippen LogP contribution in [0.4, 0.5) is 0 Å². The first-order valence-electron chi connectivity index (χ1n) is 7.74. The number of hydrogen-bond acceptors (Lipinski definition) is 3. The van der Waals surface area contributed by atoms with Gasteiger partial charge in [0.15, 0.2) is 0 Å². The van der Waals surface area contributed by atoms with Crippen LogP contribution >= 0.6 is 0 Å². The van der Waals surface area contributed by atoms with Crippen molar-refractivity contribution in [2.45, 2.75) is 58.0 Å². The average Bonchev–Trinajstić information content (AvgIpc) is 2.45. The van der Waals surface area contributed by atoms with E-state index in [0.717, 1.165) is 18.4 Å². The van der Waals surface area contributed by atoms with Gasteiger partial charge in [0, 0.05) is 25.7 Å². The number of sulfonamides is 1. The predicted octanol–water partition coefficient (Wildman–Crippen LogP) is 3.00. The molecule has 1 aromatic rings. The SMILES string of the molecule is CCCN(CCC)S(=O)(=O)c1cccc(CNC(C)C)c1. The van der Waals surface area contributed by atoms with Gasteiger partial charge in [0.25, 0.3) is 0 Å². The predicted molar refractivity (Wildman–Crippen MR) is 87.8 cm³/mol. The summed E-state index contributed by atoms with van der Waals surface area (Å²) in [5.41, 5.74) is 0.998. The standard InChI is InChI=1S/C16H28N2O2S/c1-5-10-18(11-6-2)21(19,20)16-9-7-8-15(12-16)13-17-14(3)4/h7-9,12,14,17H,5-6,10-11,13H2,1-4H3. The van der Waals surface area contributed by atoms with Crippen molar-refractivity contribution in [3.63, 3.8) is 0 Å². The van der Waals surface area contributed by atoms with Gasteiger partial charge in [-0.15, -0.1) is 0 Å². The molecule has 1 N–H and O–H groups in total. The lowest BCUT2D eigenvalue weighted by Gasteiger charge is -2.21. The molecule has 0 saturated carbocycles. The van der Waals surface area contributed by atoms with E-state index < -0.39 is 10.0 Å². The first-order valence-corrected chi connectivity index (χ1v) is 9.18. The largest absolute Gasteiger partial charge is 0.310 e. The molecular weight excluding hydrogens is 284 g/mol. The van der Waals surface area contributed by atoms with Gasteiger partial charge in [-0.3, -0.25) is 0 Å². The first kappa shape index (κ1) is 18.1. The van der Waals surface area contributed by atoms with Gasteiger partial charge in [-0.1, -0.05) is 39.8 Å². The van der Waals surface area contributed by atoms with Gasteiger partial charge in [0.1, 0.15) is 0 Å². The van der Waals surface area contributed by atoms with Crippen molar-refractivity contribution < 1.29 is 8.42 Å². The van der Waals surface area contributed by atoms with Crippen LogP contribution in [0.25, 0.3) is 0 Å². The molecular formula is C16H28N2O2S. The van der Waals surface area contributed by atoms with Crippen LogP contribution in [0, 0.1) is 0 Å². The first-order chi connectivity index (χ1) is 9.91. The summed E-state index contributed by atoms with van der Waals surface area (Å²) in [5, 5.41) is 3.31. The molecule has 0 bridgehead atoms. The number of benzene rings is 1. The van der Waals surface area contributed by atoms with E-state index in [1.807, 2.05) is 26.0 Å². The second-order valence-electron chi connectivity index (χ2n) is 5.59. The molecule has 0 aliphatic carbocycles. The van der Waals surface area contributed by atoms with E-state index >= 15 is 0 Å². The molecule has 0 aromatic heterocycles. The molecule has 0 heterocycles. The minimum Gasteiger partial charge on any atom is -0.310 e. The van der Waals surface area contributed by atoms with Crippen LogP contribution in [0.1, 0.15) is 46.1 Å². The van der Waals surface area contributed by atoms with Crippen molar-refractivity contribution >= 4 is 10.0 Å². The van der Waals surface area contributed by atoms with Crippen molar-refractivity contribution in [1.82, 2.24) is 9.62 Å². The zero-order chi connectivity index (χ0) is 15.9. The van der Waals surface area contributed by atoms with Gasteiger partial charge in [0.2, 0.25) is 10.0 Å². The summed E-state index contributed by atoms with van der Waals surface area (Å²) in [7, 11) is -3.38. The van der Waals surface area contributed by atoms with E-state index in [0.29, 0.717) is 30.6 Å². The Morgan fingerprint density at radius 2 is 1.76 bits per heavy atom. The lowest BCUT2D eigenvalue weighted by Crippen LogP contribution is -2.32. The molecule has 0 aliphatic rings. The summed E-state index contributed by atoms with van der Waals surface area (Å²) in [6, 6.07) is 7.62. The summed E-state index contributed by atoms with van der Waals surface area (Å²) in [4.78, 5) is 0.396. The minimum absolute atomic E-state index is 0.377. The Hall–Kier alpha value is -0.910. The Morgan fingerprint density at radius 1 is 1.14 bits per heavy atom. The maximum Gasteiger partial charge on any atom is 0.243 e. The number of nitrogens with one attached hydrogen (secondary N) is 1. The van der Waals surface area contributed by atoms with Crippen molar-refractivity contribution in [2.75, 3.05) is 13.1 Å². The molecule has 1 aromatic carbocycles. The van der Waals surface area contributed by atoms with Crippen molar-refractivity contribution in [3.8, 4) is 0 Å². The van der Waals surface area contributed by atoms with Crippen LogP contribution in [-0.4, -0.2) is 31.9 Å². The second kappa shape index (κ2) is 8.51. The molecule has 21 heavy (non-hydrogen) atoms. The molecule has 0 unspecified atom stereocenters. The Balaban J connectivity index is 2.98. The van der Waals surface area contributed by atoms with E-state index in [4.69, 9.17) is 0 Å². The lowest BCUT2D eigenvalue weighted by atomic mass is 10.2. The van der Waals surface area contributed by atoms with Crippen LogP contribution in [0.5, 0.6) is 0 Å². The van der Waals surface area contributed by atoms with Crippen LogP contribution in [0.3, 0.4) is 0 Å². The highest BCUT2D eigenvalue weighted by molar-refractivity contribution is 7.89. The Labute approximate surface area is 129 Å². The quantitative estimate of drug-likeness (QED) is 0.762. The monoisotopic (exact) mass is 312 g/mol. The zero-order valence-electron chi connectivity index (χ0n) is 13.6. The van der Waals surface area contributed by atoms with Gasteiger partial charge < -0.3 is 5.32 Å². The maximum absolute atomic E-state index is 12.7. The summed E-state index contributed by atoms with van der Waals surface area (Å²) in [6.07, 6.45) is 1.65. The van der Waals surface area contributed by atoms with E-state index in [1.54, 1.807) is 16.4 Å². The van der Waals surface area contributed by atoms with Crippen LogP contribution in [-0.2, 0) is 16.6 Å². The summed E-state index contributed by atoms with van der Waals surface area (Å²) < 4.78 is 27.0. The highest BCUT2D eigenvalue weighted by Crippen LogP contribution is 2.18. The summed E-state index contributed by atoms with van der Waals surface area (Å²) in [6.45, 7) is 9.98. The molecule has 0 fully saturated rings. The van der Waals surface area contributed by atoms with E-state index in [1.165, 1.54) is 0 Å². The minimum atomic E-state index is -3.38. The van der Waals surface area contributed by atoms with Gasteiger partial charge in [-0.05, 0) is 30.5 Å². The van der Waals surface area contributed by atoms with Crippen LogP contribution in [0.2, 0.25) is 0 Å². The van der Waals surface area contributed by atoms with E-state index in [-0.39, 0.29) is 0 Å². The van der Waals surface area contributed by atoms with Gasteiger partial charge in [-0.2, -0.15) is 4.31 Å². The molecule has 1 rings (SSSR count). The third kappa shape index (κ3) is 5.41. The van der Waals surface area contributed by atoms with Gasteiger partial charge in [0.05, 0.1) is 4.90 Å². The average molecular weight is 312 g/mol. The fourth-order valence-corrected chi connectivity index (χ4v) is 3.83. The zero-order valence-corrected chi connectivity index (χ0v) is 14.4. The molecule has 0 spiro atoms. The van der Waals surface area contributed by atoms with Crippen molar-refractivity contribution in [3.05, 3.63) is 29.8 Å². The molecule has 0 radical (unpaired) electrons. The highest BCUT2D eigenvalue weighted by atomic mass is 32.2. The molecule has 120 valence electrons. The lowest BCUT2D eigenvalue weighted by molar-refractivity contribution is 0.410. The smallest absolute Gasteiger partial charge is 0.243 e. The topological polar surface area (TPSA) is 49.4 Å². The summed E-state index contributed by atoms with van der Waals surface area (Å²) in [5.74, 6) is 0. The van der Waals surface area contributed by atoms with Gasteiger partial charge in [-0.25, -0.2) is 8.42 Å². The molecule has 0 aliphatic heterocycles. The van der Waals surface area contributed by atoms with E-state index in [9.17, 15) is 8.42 Å². The number of rotatable bonds is 9. The molecule has 0 saturated heterocycles. The summed E-state index contributed by atoms with van der Waals surface area (Å²) >= 11 is 0. The molecule has 0 atom stereocenters. The molecule has 0 amide bonds. The van der Waals surface area contributed by atoms with E-state index in [2.05, 4.69) is 19.2 Å². The van der Waals surface area contributed by atoms with Gasteiger partial charge >= 0.3 is 0 Å². The maximum atomic E-state index is 12.7. The third-order valence-electron chi connectivity index (χ3n) is 3.20. The fourth-order valence-electron chi connectivity index (χ4n) is 2.14. The molecule has 4 nitrogen and oxygen atoms in total.